The molecule has 0 saturated carbocycles. The topological polar surface area (TPSA) is 98.9 Å². The third kappa shape index (κ3) is 2.21. The Hall–Kier alpha value is -1.31. The summed E-state index contributed by atoms with van der Waals surface area (Å²) in [5.41, 5.74) is 5.35. The van der Waals surface area contributed by atoms with Gasteiger partial charge in [-0.2, -0.15) is 0 Å². The van der Waals surface area contributed by atoms with Crippen molar-refractivity contribution in [2.24, 2.45) is 5.73 Å². The highest BCUT2D eigenvalue weighted by molar-refractivity contribution is 7.92. The lowest BCUT2D eigenvalue weighted by Crippen LogP contribution is -2.34. The third-order valence-electron chi connectivity index (χ3n) is 2.42. The van der Waals surface area contributed by atoms with E-state index in [9.17, 15) is 8.42 Å². The van der Waals surface area contributed by atoms with Crippen molar-refractivity contribution in [1.29, 1.82) is 0 Å². The van der Waals surface area contributed by atoms with Crippen molar-refractivity contribution >= 4 is 9.84 Å². The van der Waals surface area contributed by atoms with E-state index in [1.54, 1.807) is 0 Å². The lowest BCUT2D eigenvalue weighted by molar-refractivity contribution is 0.171. The first-order chi connectivity index (χ1) is 8.05. The Balaban J connectivity index is 2.41. The van der Waals surface area contributed by atoms with Crippen molar-refractivity contribution in [3.05, 3.63) is 18.2 Å². The standard InChI is InChI=1S/C10H13NO5S/c11-10(6-12)17(13,14)7-1-2-8-9(5-7)16-4-3-15-8/h1-2,5,10,12H,3-4,6,11H2. The van der Waals surface area contributed by atoms with Crippen molar-refractivity contribution < 1.29 is 23.0 Å². The number of hydrogen-bond acceptors (Lipinski definition) is 6. The molecule has 1 heterocycles. The summed E-state index contributed by atoms with van der Waals surface area (Å²) in [7, 11) is -3.73. The number of ether oxygens (including phenoxy) is 2. The van der Waals surface area contributed by atoms with E-state index in [1.807, 2.05) is 0 Å². The summed E-state index contributed by atoms with van der Waals surface area (Å²) >= 11 is 0. The molecule has 1 aliphatic rings. The van der Waals surface area contributed by atoms with Crippen molar-refractivity contribution in [3.63, 3.8) is 0 Å². The molecule has 2 rings (SSSR count). The summed E-state index contributed by atoms with van der Waals surface area (Å²) in [5, 5.41) is 7.48. The number of hydrogen-bond donors (Lipinski definition) is 2. The average molecular weight is 259 g/mol. The molecule has 1 aromatic carbocycles. The predicted octanol–water partition coefficient (Wildman–Crippen LogP) is -0.491. The van der Waals surface area contributed by atoms with Gasteiger partial charge in [0.05, 0.1) is 11.5 Å². The molecule has 1 unspecified atom stereocenters. The summed E-state index contributed by atoms with van der Waals surface area (Å²) in [5.74, 6) is 0.884. The summed E-state index contributed by atoms with van der Waals surface area (Å²) in [6.07, 6.45) is 0. The van der Waals surface area contributed by atoms with E-state index in [2.05, 4.69) is 0 Å². The molecule has 6 nitrogen and oxygen atoms in total. The molecule has 0 saturated heterocycles. The molecule has 1 atom stereocenters. The van der Waals surface area contributed by atoms with Crippen LogP contribution in [0.1, 0.15) is 0 Å². The van der Waals surface area contributed by atoms with Crippen LogP contribution in [0.5, 0.6) is 11.5 Å². The molecule has 1 aliphatic heterocycles. The van der Waals surface area contributed by atoms with Gasteiger partial charge < -0.3 is 20.3 Å². The van der Waals surface area contributed by atoms with Crippen LogP contribution in [0.2, 0.25) is 0 Å². The molecule has 0 aromatic heterocycles. The van der Waals surface area contributed by atoms with Crippen molar-refractivity contribution in [1.82, 2.24) is 0 Å². The van der Waals surface area contributed by atoms with Crippen molar-refractivity contribution in [2.45, 2.75) is 10.3 Å². The maximum atomic E-state index is 11.9. The van der Waals surface area contributed by atoms with Gasteiger partial charge in [0.25, 0.3) is 0 Å². The Kier molecular flexibility index (Phi) is 3.23. The zero-order valence-electron chi connectivity index (χ0n) is 9.00. The quantitative estimate of drug-likeness (QED) is 0.760. The third-order valence-corrected chi connectivity index (χ3v) is 4.28. The highest BCUT2D eigenvalue weighted by Gasteiger charge is 2.25. The molecule has 1 aromatic rings. The van der Waals surface area contributed by atoms with Crippen LogP contribution in [-0.2, 0) is 9.84 Å². The fourth-order valence-corrected chi connectivity index (χ4v) is 2.55. The van der Waals surface area contributed by atoms with Crippen molar-refractivity contribution in [2.75, 3.05) is 19.8 Å². The van der Waals surface area contributed by atoms with E-state index in [-0.39, 0.29) is 4.90 Å². The Bertz CT molecular complexity index is 513. The second-order valence-electron chi connectivity index (χ2n) is 3.57. The second kappa shape index (κ2) is 4.52. The lowest BCUT2D eigenvalue weighted by atomic mass is 10.3. The fraction of sp³-hybridized carbons (Fsp3) is 0.400. The first-order valence-corrected chi connectivity index (χ1v) is 6.60. The zero-order valence-corrected chi connectivity index (χ0v) is 9.81. The Morgan fingerprint density at radius 1 is 1.29 bits per heavy atom. The number of aliphatic hydroxyl groups excluding tert-OH is 1. The Morgan fingerprint density at radius 2 is 1.94 bits per heavy atom. The molecule has 0 aliphatic carbocycles. The van der Waals surface area contributed by atoms with E-state index < -0.39 is 21.8 Å². The van der Waals surface area contributed by atoms with E-state index in [4.69, 9.17) is 20.3 Å². The van der Waals surface area contributed by atoms with Gasteiger partial charge in [-0.25, -0.2) is 8.42 Å². The average Bonchev–Trinajstić information content (AvgIpc) is 2.37. The molecule has 0 bridgehead atoms. The highest BCUT2D eigenvalue weighted by atomic mass is 32.2. The molecule has 0 spiro atoms. The minimum atomic E-state index is -3.73. The molecule has 17 heavy (non-hydrogen) atoms. The lowest BCUT2D eigenvalue weighted by Gasteiger charge is -2.19. The first kappa shape index (κ1) is 12.2. The largest absolute Gasteiger partial charge is 0.486 e. The van der Waals surface area contributed by atoms with Gasteiger partial charge in [0, 0.05) is 6.07 Å². The number of fused-ring (bicyclic) bond motifs is 1. The van der Waals surface area contributed by atoms with Crippen LogP contribution in [0.4, 0.5) is 0 Å². The van der Waals surface area contributed by atoms with Crippen LogP contribution in [0, 0.1) is 0 Å². The molecule has 7 heteroatoms. The number of nitrogens with two attached hydrogens (primary N) is 1. The van der Waals surface area contributed by atoms with Crippen LogP contribution < -0.4 is 15.2 Å². The van der Waals surface area contributed by atoms with Crippen LogP contribution in [0.15, 0.2) is 23.1 Å². The van der Waals surface area contributed by atoms with Crippen LogP contribution in [0.3, 0.4) is 0 Å². The SMILES string of the molecule is NC(CO)S(=O)(=O)c1ccc2c(c1)OCCO2. The molecule has 0 amide bonds. The van der Waals surface area contributed by atoms with Crippen LogP contribution in [-0.4, -0.2) is 38.7 Å². The molecule has 0 radical (unpaired) electrons. The number of aliphatic hydroxyl groups is 1. The number of sulfone groups is 1. The molecular weight excluding hydrogens is 246 g/mol. The van der Waals surface area contributed by atoms with Gasteiger partial charge in [-0.1, -0.05) is 0 Å². The predicted molar refractivity (Wildman–Crippen MR) is 59.7 cm³/mol. The first-order valence-electron chi connectivity index (χ1n) is 5.05. The van der Waals surface area contributed by atoms with E-state index in [1.165, 1.54) is 18.2 Å². The number of rotatable bonds is 3. The second-order valence-corrected chi connectivity index (χ2v) is 5.74. The van der Waals surface area contributed by atoms with Crippen molar-refractivity contribution in [3.8, 4) is 11.5 Å². The normalized spacial score (nSPS) is 16.6. The molecule has 3 N–H and O–H groups in total. The minimum absolute atomic E-state index is 0.0169. The smallest absolute Gasteiger partial charge is 0.196 e. The van der Waals surface area contributed by atoms with Gasteiger partial charge in [-0.15, -0.1) is 0 Å². The maximum absolute atomic E-state index is 11.9. The van der Waals surface area contributed by atoms with Crippen LogP contribution in [0.25, 0.3) is 0 Å². The van der Waals surface area contributed by atoms with Gasteiger partial charge in [0.1, 0.15) is 18.6 Å². The Labute approximate surface area is 98.9 Å². The monoisotopic (exact) mass is 259 g/mol. The Morgan fingerprint density at radius 3 is 2.59 bits per heavy atom. The summed E-state index contributed by atoms with van der Waals surface area (Å²) < 4.78 is 34.3. The zero-order chi connectivity index (χ0) is 12.5. The molecule has 0 fully saturated rings. The number of benzene rings is 1. The highest BCUT2D eigenvalue weighted by Crippen LogP contribution is 2.32. The minimum Gasteiger partial charge on any atom is -0.486 e. The van der Waals surface area contributed by atoms with E-state index >= 15 is 0 Å². The molecular formula is C10H13NO5S. The van der Waals surface area contributed by atoms with Gasteiger partial charge >= 0.3 is 0 Å². The molecule has 94 valence electrons. The van der Waals surface area contributed by atoms with Gasteiger partial charge in [-0.05, 0) is 12.1 Å². The van der Waals surface area contributed by atoms with E-state index in [0.29, 0.717) is 24.7 Å². The maximum Gasteiger partial charge on any atom is 0.196 e. The van der Waals surface area contributed by atoms with Gasteiger partial charge in [0.2, 0.25) is 0 Å². The van der Waals surface area contributed by atoms with Crippen LogP contribution >= 0.6 is 0 Å². The summed E-state index contributed by atoms with van der Waals surface area (Å²) in [4.78, 5) is 0.0169. The van der Waals surface area contributed by atoms with Gasteiger partial charge in [-0.3, -0.25) is 0 Å². The van der Waals surface area contributed by atoms with E-state index in [0.717, 1.165) is 0 Å². The summed E-state index contributed by atoms with van der Waals surface area (Å²) in [6, 6.07) is 4.27. The summed E-state index contributed by atoms with van der Waals surface area (Å²) in [6.45, 7) is 0.189. The van der Waals surface area contributed by atoms with Gasteiger partial charge in [0.15, 0.2) is 21.3 Å². The fourth-order valence-electron chi connectivity index (χ4n) is 1.47.